The summed E-state index contributed by atoms with van der Waals surface area (Å²) in [5.41, 5.74) is 1.07. The van der Waals surface area contributed by atoms with Crippen molar-refractivity contribution in [2.75, 3.05) is 40.9 Å². The van der Waals surface area contributed by atoms with Crippen LogP contribution < -0.4 is 24.0 Å². The number of nitrogens with zero attached hydrogens (tertiary/aromatic N) is 1. The maximum Gasteiger partial charge on any atom is 0.130 e. The molecule has 136 valence electrons. The topological polar surface area (TPSA) is 18.5 Å². The van der Waals surface area contributed by atoms with Crippen molar-refractivity contribution in [1.29, 1.82) is 0 Å². The van der Waals surface area contributed by atoms with E-state index in [0.29, 0.717) is 19.1 Å². The lowest BCUT2D eigenvalue weighted by molar-refractivity contribution is -0.874. The molecular formula is C20H32INO2. The van der Waals surface area contributed by atoms with Crippen LogP contribution in [-0.2, 0) is 15.1 Å². The highest BCUT2D eigenvalue weighted by Crippen LogP contribution is 2.44. The van der Waals surface area contributed by atoms with E-state index in [4.69, 9.17) is 9.47 Å². The highest BCUT2D eigenvalue weighted by Gasteiger charge is 2.46. The van der Waals surface area contributed by atoms with E-state index in [9.17, 15) is 0 Å². The molecule has 0 bridgehead atoms. The fraction of sp³-hybridized carbons (Fsp3) is 0.700. The van der Waals surface area contributed by atoms with Gasteiger partial charge in [0.1, 0.15) is 18.2 Å². The second-order valence-corrected chi connectivity index (χ2v) is 8.31. The first-order valence-electron chi connectivity index (χ1n) is 9.11. The fourth-order valence-electron chi connectivity index (χ4n) is 4.22. The van der Waals surface area contributed by atoms with Gasteiger partial charge in [0, 0.05) is 0 Å². The molecule has 3 nitrogen and oxygen atoms in total. The maximum atomic E-state index is 6.61. The Bertz CT molecular complexity index is 486. The minimum Gasteiger partial charge on any atom is -1.00 e. The lowest BCUT2D eigenvalue weighted by atomic mass is 9.73. The number of quaternary nitrogens is 1. The van der Waals surface area contributed by atoms with Crippen LogP contribution in [0.3, 0.4) is 0 Å². The summed E-state index contributed by atoms with van der Waals surface area (Å²) in [6.07, 6.45) is 6.74. The Kier molecular flexibility index (Phi) is 7.11. The third-order valence-electron chi connectivity index (χ3n) is 5.34. The zero-order valence-corrected chi connectivity index (χ0v) is 17.5. The molecule has 1 aliphatic heterocycles. The van der Waals surface area contributed by atoms with E-state index in [2.05, 4.69) is 51.5 Å². The minimum atomic E-state index is -0.233. The largest absolute Gasteiger partial charge is 1.00 e. The van der Waals surface area contributed by atoms with Crippen molar-refractivity contribution in [1.82, 2.24) is 0 Å². The summed E-state index contributed by atoms with van der Waals surface area (Å²) in [5, 5.41) is 0. The molecule has 2 fully saturated rings. The maximum absolute atomic E-state index is 6.61. The number of likely N-dealkylation sites (N-methyl/N-ethyl adjacent to an activating group) is 1. The summed E-state index contributed by atoms with van der Waals surface area (Å²) in [7, 11) is 6.64. The Labute approximate surface area is 164 Å². The molecule has 24 heavy (non-hydrogen) atoms. The van der Waals surface area contributed by atoms with Gasteiger partial charge in [0.2, 0.25) is 0 Å². The number of halogens is 1. The number of hydrogen-bond donors (Lipinski definition) is 0. The van der Waals surface area contributed by atoms with Crippen LogP contribution in [0.15, 0.2) is 30.3 Å². The molecule has 1 aromatic rings. The molecule has 3 rings (SSSR count). The van der Waals surface area contributed by atoms with E-state index >= 15 is 0 Å². The Morgan fingerprint density at radius 2 is 1.71 bits per heavy atom. The molecule has 1 aromatic carbocycles. The van der Waals surface area contributed by atoms with Crippen molar-refractivity contribution in [3.05, 3.63) is 35.9 Å². The lowest BCUT2D eigenvalue weighted by Gasteiger charge is -2.47. The molecule has 4 heteroatoms. The summed E-state index contributed by atoms with van der Waals surface area (Å²) in [5.74, 6) is 0.587. The number of hydrogen-bond acceptors (Lipinski definition) is 2. The van der Waals surface area contributed by atoms with E-state index in [-0.39, 0.29) is 35.7 Å². The van der Waals surface area contributed by atoms with Crippen molar-refractivity contribution >= 4 is 0 Å². The van der Waals surface area contributed by atoms with Gasteiger partial charge in [0.25, 0.3) is 0 Å². The Morgan fingerprint density at radius 1 is 1.04 bits per heavy atom. The van der Waals surface area contributed by atoms with Crippen molar-refractivity contribution in [3.63, 3.8) is 0 Å². The molecule has 0 aromatic heterocycles. The van der Waals surface area contributed by atoms with Gasteiger partial charge in [-0.1, -0.05) is 49.6 Å². The Hall–Kier alpha value is -0.170. The number of rotatable bonds is 4. The summed E-state index contributed by atoms with van der Waals surface area (Å²) in [6, 6.07) is 10.8. The van der Waals surface area contributed by atoms with Gasteiger partial charge in [0.15, 0.2) is 0 Å². The summed E-state index contributed by atoms with van der Waals surface area (Å²) in [4.78, 5) is 0. The van der Waals surface area contributed by atoms with Crippen molar-refractivity contribution in [3.8, 4) is 0 Å². The second kappa shape index (κ2) is 8.47. The van der Waals surface area contributed by atoms with E-state index < -0.39 is 0 Å². The van der Waals surface area contributed by atoms with Crippen LogP contribution in [0.5, 0.6) is 0 Å². The summed E-state index contributed by atoms with van der Waals surface area (Å²) in [6.45, 7) is 2.41. The SMILES string of the molecule is C[N+](C)(C)C[C@@H]1CO[C@@](c2ccccc2)(C2CCCCC2)CO1.[I-]. The van der Waals surface area contributed by atoms with Crippen LogP contribution in [0.2, 0.25) is 0 Å². The predicted octanol–water partition coefficient (Wildman–Crippen LogP) is 0.588. The van der Waals surface area contributed by atoms with Gasteiger partial charge in [-0.3, -0.25) is 0 Å². The monoisotopic (exact) mass is 445 g/mol. The molecule has 0 spiro atoms. The van der Waals surface area contributed by atoms with E-state index in [0.717, 1.165) is 11.0 Å². The highest BCUT2D eigenvalue weighted by molar-refractivity contribution is 5.25. The van der Waals surface area contributed by atoms with E-state index in [1.165, 1.54) is 37.7 Å². The third kappa shape index (κ3) is 4.71. The zero-order valence-electron chi connectivity index (χ0n) is 15.3. The molecule has 1 saturated heterocycles. The first-order valence-corrected chi connectivity index (χ1v) is 9.11. The zero-order chi connectivity index (χ0) is 16.3. The van der Waals surface area contributed by atoms with Crippen molar-refractivity contribution in [2.45, 2.75) is 43.8 Å². The van der Waals surface area contributed by atoms with E-state index in [1.54, 1.807) is 0 Å². The highest BCUT2D eigenvalue weighted by atomic mass is 127. The predicted molar refractivity (Wildman–Crippen MR) is 93.3 cm³/mol. The van der Waals surface area contributed by atoms with Crippen LogP contribution in [0.4, 0.5) is 0 Å². The van der Waals surface area contributed by atoms with Gasteiger partial charge in [-0.25, -0.2) is 0 Å². The minimum absolute atomic E-state index is 0. The van der Waals surface area contributed by atoms with Crippen LogP contribution in [0.1, 0.15) is 37.7 Å². The lowest BCUT2D eigenvalue weighted by Crippen LogP contribution is -3.00. The van der Waals surface area contributed by atoms with Crippen LogP contribution >= 0.6 is 0 Å². The van der Waals surface area contributed by atoms with Gasteiger partial charge < -0.3 is 37.9 Å². The first-order chi connectivity index (χ1) is 11.0. The molecule has 2 atom stereocenters. The quantitative estimate of drug-likeness (QED) is 0.499. The van der Waals surface area contributed by atoms with Crippen molar-refractivity contribution in [2.24, 2.45) is 5.92 Å². The Morgan fingerprint density at radius 3 is 2.25 bits per heavy atom. The Balaban J connectivity index is 0.00000208. The van der Waals surface area contributed by atoms with Gasteiger partial charge in [0.05, 0.1) is 34.4 Å². The molecule has 2 aliphatic rings. The first kappa shape index (κ1) is 20.1. The van der Waals surface area contributed by atoms with Crippen LogP contribution in [0, 0.1) is 5.92 Å². The normalized spacial score (nSPS) is 29.0. The molecule has 1 heterocycles. The summed E-state index contributed by atoms with van der Waals surface area (Å²) >= 11 is 0. The third-order valence-corrected chi connectivity index (χ3v) is 5.34. The number of benzene rings is 1. The van der Waals surface area contributed by atoms with E-state index in [1.807, 2.05) is 0 Å². The van der Waals surface area contributed by atoms with Crippen molar-refractivity contribution < 1.29 is 37.9 Å². The van der Waals surface area contributed by atoms with Gasteiger partial charge >= 0.3 is 0 Å². The molecule has 1 saturated carbocycles. The van der Waals surface area contributed by atoms with Gasteiger partial charge in [-0.15, -0.1) is 0 Å². The standard InChI is InChI=1S/C20H32NO2.HI/c1-21(2,3)14-19-15-23-20(16-22-19,17-10-6-4-7-11-17)18-12-8-5-9-13-18;/h4,6-7,10-11,18-19H,5,8-9,12-16H2,1-3H3;1H/q+1;/p-1/t19-,20+;/m1./s1. The van der Waals surface area contributed by atoms with Crippen LogP contribution in [-0.4, -0.2) is 51.5 Å². The smallest absolute Gasteiger partial charge is 0.130 e. The number of ether oxygens (including phenoxy) is 2. The molecule has 0 amide bonds. The average Bonchev–Trinajstić information content (AvgIpc) is 2.56. The molecule has 0 N–H and O–H groups in total. The van der Waals surface area contributed by atoms with Gasteiger partial charge in [-0.05, 0) is 24.3 Å². The molecular weight excluding hydrogens is 413 g/mol. The van der Waals surface area contributed by atoms with Gasteiger partial charge in [-0.2, -0.15) is 0 Å². The molecule has 0 unspecified atom stereocenters. The average molecular weight is 445 g/mol. The summed E-state index contributed by atoms with van der Waals surface area (Å²) < 4.78 is 13.9. The molecule has 1 aliphatic carbocycles. The molecule has 0 radical (unpaired) electrons. The van der Waals surface area contributed by atoms with Crippen LogP contribution in [0.25, 0.3) is 0 Å². The fourth-order valence-corrected chi connectivity index (χ4v) is 4.22. The second-order valence-electron chi connectivity index (χ2n) is 8.31.